The second kappa shape index (κ2) is 5.75. The van der Waals surface area contributed by atoms with E-state index in [-0.39, 0.29) is 0 Å². The Kier molecular flexibility index (Phi) is 3.81. The molecule has 0 N–H and O–H groups in total. The van der Waals surface area contributed by atoms with E-state index >= 15 is 0 Å². The molecule has 0 amide bonds. The number of nitrogens with zero attached hydrogens (tertiary/aromatic N) is 1. The van der Waals surface area contributed by atoms with Crippen molar-refractivity contribution in [2.24, 2.45) is 0 Å². The van der Waals surface area contributed by atoms with Gasteiger partial charge in [0.1, 0.15) is 6.29 Å². The van der Waals surface area contributed by atoms with Gasteiger partial charge in [-0.15, -0.1) is 0 Å². The quantitative estimate of drug-likeness (QED) is 0.744. The Morgan fingerprint density at radius 2 is 1.88 bits per heavy atom. The minimum Gasteiger partial charge on any atom is -0.303 e. The van der Waals surface area contributed by atoms with Gasteiger partial charge in [0.15, 0.2) is 0 Å². The van der Waals surface area contributed by atoms with Gasteiger partial charge in [-0.1, -0.05) is 42.5 Å². The molecule has 0 aliphatic heterocycles. The molecule has 0 aliphatic carbocycles. The normalized spacial score (nSPS) is 10.6. The van der Waals surface area contributed by atoms with E-state index in [4.69, 9.17) is 0 Å². The van der Waals surface area contributed by atoms with Crippen molar-refractivity contribution in [3.05, 3.63) is 60.3 Å². The maximum absolute atomic E-state index is 10.2. The van der Waals surface area contributed by atoms with Gasteiger partial charge in [-0.05, 0) is 17.7 Å². The minimum atomic E-state index is 0.460. The molecular formula is C15H13NO. The van der Waals surface area contributed by atoms with Gasteiger partial charge < -0.3 is 4.79 Å². The zero-order chi connectivity index (χ0) is 11.9. The maximum atomic E-state index is 10.2. The molecule has 0 radical (unpaired) electrons. The average molecular weight is 223 g/mol. The van der Waals surface area contributed by atoms with Crippen molar-refractivity contribution in [3.63, 3.8) is 0 Å². The second-order valence-electron chi connectivity index (χ2n) is 3.64. The third-order valence-corrected chi connectivity index (χ3v) is 2.41. The predicted octanol–water partition coefficient (Wildman–Crippen LogP) is 3.35. The molecule has 2 heteroatoms. The number of pyridine rings is 1. The van der Waals surface area contributed by atoms with Crippen molar-refractivity contribution in [1.82, 2.24) is 4.98 Å². The summed E-state index contributed by atoms with van der Waals surface area (Å²) < 4.78 is 0. The van der Waals surface area contributed by atoms with E-state index in [0.717, 1.165) is 23.1 Å². The summed E-state index contributed by atoms with van der Waals surface area (Å²) in [6.07, 6.45) is 6.92. The van der Waals surface area contributed by atoms with Crippen molar-refractivity contribution in [2.45, 2.75) is 6.42 Å². The van der Waals surface area contributed by atoms with Crippen molar-refractivity contribution < 1.29 is 4.79 Å². The number of aldehydes is 1. The van der Waals surface area contributed by atoms with Crippen LogP contribution in [0.3, 0.4) is 0 Å². The summed E-state index contributed by atoms with van der Waals surface area (Å²) in [6, 6.07) is 14.0. The first kappa shape index (κ1) is 11.3. The number of carbonyl (C=O) groups is 1. The van der Waals surface area contributed by atoms with Gasteiger partial charge in [-0.2, -0.15) is 0 Å². The lowest BCUT2D eigenvalue weighted by Crippen LogP contribution is -1.81. The number of allylic oxidation sites excluding steroid dienone is 1. The predicted molar refractivity (Wildman–Crippen MR) is 69.4 cm³/mol. The molecule has 0 aliphatic rings. The van der Waals surface area contributed by atoms with Gasteiger partial charge in [0, 0.05) is 18.2 Å². The number of benzene rings is 1. The van der Waals surface area contributed by atoms with Crippen LogP contribution in [0.25, 0.3) is 17.3 Å². The molecular weight excluding hydrogens is 210 g/mol. The SMILES string of the molecule is O=CCC=Cc1ccc(-c2ccccn2)cc1. The van der Waals surface area contributed by atoms with Crippen molar-refractivity contribution in [1.29, 1.82) is 0 Å². The van der Waals surface area contributed by atoms with E-state index in [2.05, 4.69) is 4.98 Å². The third-order valence-electron chi connectivity index (χ3n) is 2.41. The van der Waals surface area contributed by atoms with E-state index < -0.39 is 0 Å². The Bertz CT molecular complexity index is 500. The summed E-state index contributed by atoms with van der Waals surface area (Å²) >= 11 is 0. The lowest BCUT2D eigenvalue weighted by Gasteiger charge is -2.00. The summed E-state index contributed by atoms with van der Waals surface area (Å²) in [5, 5.41) is 0. The smallest absolute Gasteiger partial charge is 0.123 e. The second-order valence-corrected chi connectivity index (χ2v) is 3.64. The molecule has 1 heterocycles. The van der Waals surface area contributed by atoms with Crippen LogP contribution in [-0.2, 0) is 4.79 Å². The average Bonchev–Trinajstić information content (AvgIpc) is 2.41. The Balaban J connectivity index is 2.16. The standard InChI is InChI=1S/C15H13NO/c17-12-4-2-5-13-7-9-14(10-8-13)15-6-1-3-11-16-15/h1-3,5-12H,4H2. The van der Waals surface area contributed by atoms with Crippen LogP contribution in [0.5, 0.6) is 0 Å². The van der Waals surface area contributed by atoms with Gasteiger partial charge in [0.05, 0.1) is 5.69 Å². The van der Waals surface area contributed by atoms with E-state index in [1.165, 1.54) is 0 Å². The summed E-state index contributed by atoms with van der Waals surface area (Å²) in [6.45, 7) is 0. The van der Waals surface area contributed by atoms with Crippen LogP contribution in [-0.4, -0.2) is 11.3 Å². The first-order valence-corrected chi connectivity index (χ1v) is 5.52. The van der Waals surface area contributed by atoms with Crippen molar-refractivity contribution in [3.8, 4) is 11.3 Å². The maximum Gasteiger partial charge on any atom is 0.123 e. The number of hydrogen-bond donors (Lipinski definition) is 0. The molecule has 84 valence electrons. The highest BCUT2D eigenvalue weighted by atomic mass is 16.1. The van der Waals surface area contributed by atoms with Gasteiger partial charge in [-0.25, -0.2) is 0 Å². The highest BCUT2D eigenvalue weighted by Crippen LogP contribution is 2.17. The minimum absolute atomic E-state index is 0.460. The summed E-state index contributed by atoms with van der Waals surface area (Å²) in [5.74, 6) is 0. The van der Waals surface area contributed by atoms with Gasteiger partial charge >= 0.3 is 0 Å². The first-order chi connectivity index (χ1) is 8.40. The first-order valence-electron chi connectivity index (χ1n) is 5.52. The molecule has 0 bridgehead atoms. The van der Waals surface area contributed by atoms with Gasteiger partial charge in [-0.3, -0.25) is 4.98 Å². The molecule has 17 heavy (non-hydrogen) atoms. The molecule has 0 atom stereocenters. The number of hydrogen-bond acceptors (Lipinski definition) is 2. The number of carbonyl (C=O) groups excluding carboxylic acids is 1. The van der Waals surface area contributed by atoms with Crippen LogP contribution in [0.2, 0.25) is 0 Å². The number of rotatable bonds is 4. The molecule has 0 saturated carbocycles. The zero-order valence-corrected chi connectivity index (χ0v) is 9.41. The largest absolute Gasteiger partial charge is 0.303 e. The molecule has 0 spiro atoms. The Morgan fingerprint density at radius 3 is 2.53 bits per heavy atom. The van der Waals surface area contributed by atoms with Crippen molar-refractivity contribution >= 4 is 12.4 Å². The Morgan fingerprint density at radius 1 is 1.06 bits per heavy atom. The monoisotopic (exact) mass is 223 g/mol. The zero-order valence-electron chi connectivity index (χ0n) is 9.41. The Hall–Kier alpha value is -2.22. The molecule has 2 aromatic rings. The van der Waals surface area contributed by atoms with Crippen LogP contribution in [0.15, 0.2) is 54.7 Å². The van der Waals surface area contributed by atoms with E-state index in [0.29, 0.717) is 6.42 Å². The molecule has 0 unspecified atom stereocenters. The summed E-state index contributed by atoms with van der Waals surface area (Å²) in [5.41, 5.74) is 3.15. The molecule has 1 aromatic heterocycles. The fraction of sp³-hybridized carbons (Fsp3) is 0.0667. The van der Waals surface area contributed by atoms with Crippen LogP contribution in [0.4, 0.5) is 0 Å². The van der Waals surface area contributed by atoms with E-state index in [9.17, 15) is 4.79 Å². The fourth-order valence-electron chi connectivity index (χ4n) is 1.56. The van der Waals surface area contributed by atoms with Crippen LogP contribution < -0.4 is 0 Å². The lowest BCUT2D eigenvalue weighted by atomic mass is 10.1. The Labute approximate surface area is 101 Å². The van der Waals surface area contributed by atoms with E-state index in [1.807, 2.05) is 54.6 Å². The highest BCUT2D eigenvalue weighted by molar-refractivity contribution is 5.63. The molecule has 0 saturated heterocycles. The fourth-order valence-corrected chi connectivity index (χ4v) is 1.56. The third kappa shape index (κ3) is 3.11. The number of aromatic nitrogens is 1. The summed E-state index contributed by atoms with van der Waals surface area (Å²) in [4.78, 5) is 14.5. The van der Waals surface area contributed by atoms with Crippen LogP contribution in [0.1, 0.15) is 12.0 Å². The summed E-state index contributed by atoms with van der Waals surface area (Å²) in [7, 11) is 0. The van der Waals surface area contributed by atoms with E-state index in [1.54, 1.807) is 6.20 Å². The van der Waals surface area contributed by atoms with Crippen LogP contribution in [0, 0.1) is 0 Å². The van der Waals surface area contributed by atoms with Gasteiger partial charge in [0.2, 0.25) is 0 Å². The lowest BCUT2D eigenvalue weighted by molar-refractivity contribution is -0.107. The molecule has 2 rings (SSSR count). The topological polar surface area (TPSA) is 30.0 Å². The molecule has 0 fully saturated rings. The molecule has 1 aromatic carbocycles. The van der Waals surface area contributed by atoms with Crippen molar-refractivity contribution in [2.75, 3.05) is 0 Å². The van der Waals surface area contributed by atoms with Crippen LogP contribution >= 0.6 is 0 Å². The highest BCUT2D eigenvalue weighted by Gasteiger charge is 1.96. The molecule has 2 nitrogen and oxygen atoms in total. The van der Waals surface area contributed by atoms with Gasteiger partial charge in [0.25, 0.3) is 0 Å².